The van der Waals surface area contributed by atoms with Gasteiger partial charge in [-0.25, -0.2) is 4.98 Å². The summed E-state index contributed by atoms with van der Waals surface area (Å²) in [6.07, 6.45) is 1.66. The van der Waals surface area contributed by atoms with E-state index < -0.39 is 9.52 Å². The van der Waals surface area contributed by atoms with Crippen LogP contribution >= 0.6 is 11.3 Å². The molecule has 0 aromatic carbocycles. The third-order valence-corrected chi connectivity index (χ3v) is 5.30. The molecule has 4 heteroatoms. The van der Waals surface area contributed by atoms with Gasteiger partial charge in [0.2, 0.25) is 0 Å². The quantitative estimate of drug-likeness (QED) is 0.711. The molecule has 0 bridgehead atoms. The first-order chi connectivity index (χ1) is 5.82. The first-order valence-corrected chi connectivity index (χ1v) is 7.07. The summed E-state index contributed by atoms with van der Waals surface area (Å²) in [5, 5.41) is 1.05. The molecule has 1 heterocycles. The number of hydrogen-bond donors (Lipinski definition) is 0. The Labute approximate surface area is 84.0 Å². The van der Waals surface area contributed by atoms with Gasteiger partial charge in [-0.05, 0) is 12.8 Å². The molecule has 1 rings (SSSR count). The van der Waals surface area contributed by atoms with Crippen molar-refractivity contribution in [3.63, 3.8) is 0 Å². The van der Waals surface area contributed by atoms with E-state index in [9.17, 15) is 4.21 Å². The Kier molecular flexibility index (Phi) is 2.82. The minimum Gasteiger partial charge on any atom is -0.263 e. The molecule has 2 nitrogen and oxygen atoms in total. The summed E-state index contributed by atoms with van der Waals surface area (Å²) < 4.78 is 12.5. The van der Waals surface area contributed by atoms with E-state index in [1.165, 1.54) is 11.3 Å². The number of aromatic nitrogens is 1. The fourth-order valence-electron chi connectivity index (χ4n) is 1.05. The van der Waals surface area contributed by atoms with Crippen molar-refractivity contribution in [3.8, 4) is 0 Å². The maximum Gasteiger partial charge on any atom is 0.105 e. The number of thiazole rings is 1. The van der Waals surface area contributed by atoms with Gasteiger partial charge >= 0.3 is 0 Å². The Morgan fingerprint density at radius 3 is 2.31 bits per heavy atom. The van der Waals surface area contributed by atoms with E-state index in [0.29, 0.717) is 5.92 Å². The van der Waals surface area contributed by atoms with E-state index in [-0.39, 0.29) is 0 Å². The Balaban J connectivity index is 3.27. The predicted molar refractivity (Wildman–Crippen MR) is 60.4 cm³/mol. The molecular weight excluding hydrogens is 202 g/mol. The van der Waals surface area contributed by atoms with E-state index >= 15 is 0 Å². The average molecular weight is 217 g/mol. The van der Waals surface area contributed by atoms with Crippen LogP contribution in [0.15, 0.2) is 4.21 Å². The van der Waals surface area contributed by atoms with Crippen LogP contribution in [0.2, 0.25) is 0 Å². The second kappa shape index (κ2) is 3.42. The van der Waals surface area contributed by atoms with Crippen molar-refractivity contribution in [1.29, 1.82) is 0 Å². The van der Waals surface area contributed by atoms with Gasteiger partial charge in [-0.1, -0.05) is 13.8 Å². The first-order valence-electron chi connectivity index (χ1n) is 4.12. The Morgan fingerprint density at radius 2 is 2.08 bits per heavy atom. The van der Waals surface area contributed by atoms with Crippen molar-refractivity contribution in [2.24, 2.45) is 0 Å². The maximum absolute atomic E-state index is 11.7. The highest BCUT2D eigenvalue weighted by atomic mass is 32.2. The normalized spacial score (nSPS) is 16.1. The number of hydrogen-bond acceptors (Lipinski definition) is 3. The van der Waals surface area contributed by atoms with E-state index in [1.807, 2.05) is 6.92 Å². The highest BCUT2D eigenvalue weighted by molar-refractivity contribution is 8.01. The van der Waals surface area contributed by atoms with E-state index in [4.69, 9.17) is 0 Å². The third-order valence-electron chi connectivity index (χ3n) is 1.66. The molecule has 13 heavy (non-hydrogen) atoms. The SMILES string of the molecule is C=S(C)(=O)c1sc(C(C)C)nc1C. The van der Waals surface area contributed by atoms with Crippen LogP contribution in [0.5, 0.6) is 0 Å². The third kappa shape index (κ3) is 2.31. The summed E-state index contributed by atoms with van der Waals surface area (Å²) >= 11 is 1.53. The van der Waals surface area contributed by atoms with Gasteiger partial charge in [0, 0.05) is 21.7 Å². The molecule has 0 radical (unpaired) electrons. The molecule has 1 atom stereocenters. The monoisotopic (exact) mass is 217 g/mol. The summed E-state index contributed by atoms with van der Waals surface area (Å²) in [6.45, 7) is 6.07. The fourth-order valence-corrected chi connectivity index (χ4v) is 3.48. The molecule has 0 amide bonds. The van der Waals surface area contributed by atoms with Crippen LogP contribution in [0.4, 0.5) is 0 Å². The summed E-state index contributed by atoms with van der Waals surface area (Å²) in [4.78, 5) is 4.38. The molecule has 74 valence electrons. The average Bonchev–Trinajstić information content (AvgIpc) is 2.29. The summed E-state index contributed by atoms with van der Waals surface area (Å²) in [7, 11) is -2.09. The van der Waals surface area contributed by atoms with Gasteiger partial charge in [0.1, 0.15) is 4.21 Å². The standard InChI is InChI=1S/C9H15NOS2/c1-6(2)8-10-7(3)9(12-8)13(4,5)11/h6H,4H2,1-3,5H3. The lowest BCUT2D eigenvalue weighted by Crippen LogP contribution is -1.95. The molecular formula is C9H15NOS2. The second-order valence-electron chi connectivity index (χ2n) is 3.58. The molecule has 0 saturated carbocycles. The zero-order chi connectivity index (χ0) is 10.2. The summed E-state index contributed by atoms with van der Waals surface area (Å²) in [5.41, 5.74) is 0.871. The molecule has 0 aliphatic heterocycles. The minimum absolute atomic E-state index is 0.402. The van der Waals surface area contributed by atoms with Gasteiger partial charge in [0.05, 0.1) is 10.7 Å². The fraction of sp³-hybridized carbons (Fsp3) is 0.556. The number of aryl methyl sites for hydroxylation is 1. The number of rotatable bonds is 2. The topological polar surface area (TPSA) is 30.0 Å². The first kappa shape index (κ1) is 10.7. The van der Waals surface area contributed by atoms with Crippen molar-refractivity contribution >= 4 is 26.7 Å². The zero-order valence-corrected chi connectivity index (χ0v) is 10.1. The molecule has 0 spiro atoms. The van der Waals surface area contributed by atoms with E-state index in [1.54, 1.807) is 6.26 Å². The molecule has 0 saturated heterocycles. The lowest BCUT2D eigenvalue weighted by Gasteiger charge is -1.97. The van der Waals surface area contributed by atoms with Gasteiger partial charge in [0.15, 0.2) is 0 Å². The van der Waals surface area contributed by atoms with Crippen LogP contribution < -0.4 is 0 Å². The summed E-state index contributed by atoms with van der Waals surface area (Å²) in [5.74, 6) is 4.07. The lowest BCUT2D eigenvalue weighted by atomic mass is 10.2. The van der Waals surface area contributed by atoms with Crippen LogP contribution in [0.25, 0.3) is 0 Å². The van der Waals surface area contributed by atoms with Gasteiger partial charge in [-0.2, -0.15) is 0 Å². The van der Waals surface area contributed by atoms with Crippen LogP contribution in [-0.2, 0) is 9.52 Å². The van der Waals surface area contributed by atoms with Crippen LogP contribution in [0.1, 0.15) is 30.5 Å². The summed E-state index contributed by atoms with van der Waals surface area (Å²) in [6, 6.07) is 0. The Hall–Kier alpha value is -0.350. The van der Waals surface area contributed by atoms with Crippen molar-refractivity contribution in [3.05, 3.63) is 10.7 Å². The maximum atomic E-state index is 11.7. The van der Waals surface area contributed by atoms with Gasteiger partial charge in [-0.3, -0.25) is 4.21 Å². The van der Waals surface area contributed by atoms with Crippen LogP contribution in [0, 0.1) is 6.92 Å². The van der Waals surface area contributed by atoms with Gasteiger partial charge in [0.25, 0.3) is 0 Å². The highest BCUT2D eigenvalue weighted by Crippen LogP contribution is 2.27. The lowest BCUT2D eigenvalue weighted by molar-refractivity contribution is 0.685. The van der Waals surface area contributed by atoms with Crippen molar-refractivity contribution < 1.29 is 4.21 Å². The van der Waals surface area contributed by atoms with Crippen LogP contribution in [0.3, 0.4) is 0 Å². The minimum atomic E-state index is -2.09. The Bertz CT molecular complexity index is 401. The van der Waals surface area contributed by atoms with E-state index in [0.717, 1.165) is 14.9 Å². The molecule has 1 unspecified atom stereocenters. The molecule has 0 fully saturated rings. The molecule has 1 aromatic heterocycles. The smallest absolute Gasteiger partial charge is 0.105 e. The van der Waals surface area contributed by atoms with Gasteiger partial charge < -0.3 is 0 Å². The largest absolute Gasteiger partial charge is 0.263 e. The second-order valence-corrected chi connectivity index (χ2v) is 7.29. The molecule has 1 aromatic rings. The van der Waals surface area contributed by atoms with Crippen LogP contribution in [-0.4, -0.2) is 21.3 Å². The van der Waals surface area contributed by atoms with Gasteiger partial charge in [-0.15, -0.1) is 11.3 Å². The molecule has 0 aliphatic rings. The van der Waals surface area contributed by atoms with Crippen molar-refractivity contribution in [2.75, 3.05) is 6.26 Å². The van der Waals surface area contributed by atoms with Crippen molar-refractivity contribution in [1.82, 2.24) is 4.98 Å². The highest BCUT2D eigenvalue weighted by Gasteiger charge is 2.14. The van der Waals surface area contributed by atoms with Crippen molar-refractivity contribution in [2.45, 2.75) is 30.9 Å². The van der Waals surface area contributed by atoms with E-state index in [2.05, 4.69) is 24.7 Å². The molecule has 0 aliphatic carbocycles. The molecule has 0 N–H and O–H groups in total. The number of nitrogens with zero attached hydrogens (tertiary/aromatic N) is 1. The zero-order valence-electron chi connectivity index (χ0n) is 8.46. The predicted octanol–water partition coefficient (Wildman–Crippen LogP) is 2.28. The Morgan fingerprint density at radius 1 is 1.54 bits per heavy atom.